The van der Waals surface area contributed by atoms with Crippen molar-refractivity contribution in [1.29, 1.82) is 0 Å². The minimum Gasteiger partial charge on any atom is -0.351 e. The van der Waals surface area contributed by atoms with E-state index in [0.29, 0.717) is 11.7 Å². The average Bonchev–Trinajstić information content (AvgIpc) is 2.90. The molecule has 1 aromatic heterocycles. The van der Waals surface area contributed by atoms with Crippen LogP contribution in [0.2, 0.25) is 0 Å². The van der Waals surface area contributed by atoms with E-state index in [-0.39, 0.29) is 5.91 Å². The van der Waals surface area contributed by atoms with Gasteiger partial charge in [0.05, 0.1) is 0 Å². The number of aromatic nitrogens is 2. The summed E-state index contributed by atoms with van der Waals surface area (Å²) in [5.74, 6) is -0.0782. The Morgan fingerprint density at radius 3 is 3.27 bits per heavy atom. The highest BCUT2D eigenvalue weighted by Crippen LogP contribution is 2.07. The van der Waals surface area contributed by atoms with Crippen molar-refractivity contribution in [2.24, 2.45) is 0 Å². The zero-order valence-corrected chi connectivity index (χ0v) is 8.62. The van der Waals surface area contributed by atoms with Crippen molar-refractivity contribution in [3.05, 3.63) is 18.0 Å². The molecule has 0 aromatic carbocycles. The van der Waals surface area contributed by atoms with E-state index < -0.39 is 0 Å². The molecule has 1 amide bonds. The Hall–Kier alpha value is -1.36. The maximum absolute atomic E-state index is 11.5. The van der Waals surface area contributed by atoms with Crippen molar-refractivity contribution in [1.82, 2.24) is 20.8 Å². The van der Waals surface area contributed by atoms with Crippen molar-refractivity contribution in [2.45, 2.75) is 25.3 Å². The fourth-order valence-corrected chi connectivity index (χ4v) is 1.84. The highest BCUT2D eigenvalue weighted by Gasteiger charge is 2.14. The number of nitrogens with zero attached hydrogens (tertiary/aromatic N) is 1. The molecule has 15 heavy (non-hydrogen) atoms. The Kier molecular flexibility index (Phi) is 3.34. The van der Waals surface area contributed by atoms with Crippen molar-refractivity contribution in [3.8, 4) is 0 Å². The van der Waals surface area contributed by atoms with Crippen LogP contribution in [0.15, 0.2) is 12.3 Å². The molecular formula is C10H16N4O. The lowest BCUT2D eigenvalue weighted by atomic mass is 10.1. The highest BCUT2D eigenvalue weighted by molar-refractivity contribution is 5.91. The number of nitrogens with one attached hydrogen (secondary N) is 3. The maximum atomic E-state index is 11.5. The molecule has 5 heteroatoms. The van der Waals surface area contributed by atoms with E-state index in [2.05, 4.69) is 20.8 Å². The fraction of sp³-hybridized carbons (Fsp3) is 0.600. The largest absolute Gasteiger partial charge is 0.351 e. The topological polar surface area (TPSA) is 69.8 Å². The van der Waals surface area contributed by atoms with Gasteiger partial charge in [-0.2, -0.15) is 5.10 Å². The van der Waals surface area contributed by atoms with E-state index in [1.165, 1.54) is 12.8 Å². The molecule has 1 atom stereocenters. The first-order valence-corrected chi connectivity index (χ1v) is 5.37. The summed E-state index contributed by atoms with van der Waals surface area (Å²) in [6, 6.07) is 2.25. The van der Waals surface area contributed by atoms with Gasteiger partial charge in [0.25, 0.3) is 5.91 Å². The van der Waals surface area contributed by atoms with Gasteiger partial charge in [-0.1, -0.05) is 0 Å². The monoisotopic (exact) mass is 208 g/mol. The number of rotatable bonds is 4. The molecule has 0 aliphatic carbocycles. The number of hydrogen-bond donors (Lipinski definition) is 3. The van der Waals surface area contributed by atoms with E-state index in [4.69, 9.17) is 0 Å². The number of amides is 1. The van der Waals surface area contributed by atoms with Gasteiger partial charge in [-0.25, -0.2) is 0 Å². The molecule has 1 aromatic rings. The van der Waals surface area contributed by atoms with Crippen LogP contribution in [0.3, 0.4) is 0 Å². The maximum Gasteiger partial charge on any atom is 0.269 e. The molecular weight excluding hydrogens is 192 g/mol. The zero-order chi connectivity index (χ0) is 10.5. The molecule has 5 nitrogen and oxygen atoms in total. The van der Waals surface area contributed by atoms with Crippen LogP contribution in [0.1, 0.15) is 29.8 Å². The predicted octanol–water partition coefficient (Wildman–Crippen LogP) is 0.282. The number of H-pyrrole nitrogens is 1. The van der Waals surface area contributed by atoms with Gasteiger partial charge in [0, 0.05) is 18.8 Å². The lowest BCUT2D eigenvalue weighted by molar-refractivity contribution is 0.0947. The Morgan fingerprint density at radius 1 is 1.67 bits per heavy atom. The Balaban J connectivity index is 1.67. The summed E-state index contributed by atoms with van der Waals surface area (Å²) >= 11 is 0. The summed E-state index contributed by atoms with van der Waals surface area (Å²) in [4.78, 5) is 11.5. The van der Waals surface area contributed by atoms with Crippen LogP contribution in [-0.4, -0.2) is 35.2 Å². The quantitative estimate of drug-likeness (QED) is 0.665. The van der Waals surface area contributed by atoms with Gasteiger partial charge in [-0.3, -0.25) is 9.89 Å². The van der Waals surface area contributed by atoms with Crippen LogP contribution < -0.4 is 10.6 Å². The van der Waals surface area contributed by atoms with E-state index in [1.54, 1.807) is 12.3 Å². The molecule has 1 aliphatic heterocycles. The third kappa shape index (κ3) is 2.79. The number of carbonyl (C=O) groups is 1. The number of hydrogen-bond acceptors (Lipinski definition) is 3. The van der Waals surface area contributed by atoms with Crippen molar-refractivity contribution in [2.75, 3.05) is 13.1 Å². The van der Waals surface area contributed by atoms with Crippen LogP contribution in [0.5, 0.6) is 0 Å². The second kappa shape index (κ2) is 4.93. The predicted molar refractivity (Wildman–Crippen MR) is 56.6 cm³/mol. The molecule has 1 aliphatic rings. The van der Waals surface area contributed by atoms with Crippen LogP contribution in [-0.2, 0) is 0 Å². The van der Waals surface area contributed by atoms with E-state index >= 15 is 0 Å². The summed E-state index contributed by atoms with van der Waals surface area (Å²) in [6.45, 7) is 1.83. The van der Waals surface area contributed by atoms with Gasteiger partial charge in [0.2, 0.25) is 0 Å². The molecule has 1 unspecified atom stereocenters. The first kappa shape index (κ1) is 10.2. The minimum absolute atomic E-state index is 0.0782. The normalized spacial score (nSPS) is 20.4. The molecule has 0 bridgehead atoms. The van der Waals surface area contributed by atoms with Crippen LogP contribution in [0.4, 0.5) is 0 Å². The summed E-state index contributed by atoms with van der Waals surface area (Å²) < 4.78 is 0. The van der Waals surface area contributed by atoms with Crippen molar-refractivity contribution < 1.29 is 4.79 Å². The van der Waals surface area contributed by atoms with Gasteiger partial charge in [0.1, 0.15) is 5.69 Å². The third-order valence-corrected chi connectivity index (χ3v) is 2.69. The Bertz CT molecular complexity index is 303. The summed E-state index contributed by atoms with van der Waals surface area (Å²) in [5.41, 5.74) is 0.523. The van der Waals surface area contributed by atoms with Gasteiger partial charge < -0.3 is 10.6 Å². The summed E-state index contributed by atoms with van der Waals surface area (Å²) in [7, 11) is 0. The number of carbonyl (C=O) groups excluding carboxylic acids is 1. The number of aromatic amines is 1. The van der Waals surface area contributed by atoms with Gasteiger partial charge in [0.15, 0.2) is 0 Å². The average molecular weight is 208 g/mol. The highest BCUT2D eigenvalue weighted by atomic mass is 16.1. The van der Waals surface area contributed by atoms with Crippen LogP contribution in [0.25, 0.3) is 0 Å². The molecule has 0 radical (unpaired) electrons. The summed E-state index contributed by atoms with van der Waals surface area (Å²) in [5, 5.41) is 12.6. The first-order valence-electron chi connectivity index (χ1n) is 5.37. The second-order valence-corrected chi connectivity index (χ2v) is 3.81. The first-order chi connectivity index (χ1) is 7.36. The lowest BCUT2D eigenvalue weighted by Gasteiger charge is -2.09. The molecule has 1 saturated heterocycles. The van der Waals surface area contributed by atoms with Crippen molar-refractivity contribution in [3.63, 3.8) is 0 Å². The fourth-order valence-electron chi connectivity index (χ4n) is 1.84. The minimum atomic E-state index is -0.0782. The van der Waals surface area contributed by atoms with Crippen LogP contribution in [0, 0.1) is 0 Å². The van der Waals surface area contributed by atoms with E-state index in [9.17, 15) is 4.79 Å². The summed E-state index contributed by atoms with van der Waals surface area (Å²) in [6.07, 6.45) is 5.05. The Labute approximate surface area is 88.6 Å². The molecule has 2 rings (SSSR count). The van der Waals surface area contributed by atoms with Gasteiger partial charge in [-0.05, 0) is 31.9 Å². The molecule has 0 saturated carbocycles. The van der Waals surface area contributed by atoms with E-state index in [0.717, 1.165) is 19.5 Å². The molecule has 1 fully saturated rings. The smallest absolute Gasteiger partial charge is 0.269 e. The van der Waals surface area contributed by atoms with Gasteiger partial charge >= 0.3 is 0 Å². The standard InChI is InChI=1S/C10H16N4O/c15-10(9-4-7-13-14-9)12-6-3-8-2-1-5-11-8/h4,7-8,11H,1-3,5-6H2,(H,12,15)(H,13,14). The van der Waals surface area contributed by atoms with Crippen LogP contribution >= 0.6 is 0 Å². The van der Waals surface area contributed by atoms with Gasteiger partial charge in [-0.15, -0.1) is 0 Å². The van der Waals surface area contributed by atoms with Crippen molar-refractivity contribution >= 4 is 5.91 Å². The zero-order valence-electron chi connectivity index (χ0n) is 8.62. The SMILES string of the molecule is O=C(NCCC1CCCN1)c1ccn[nH]1. The molecule has 3 N–H and O–H groups in total. The molecule has 0 spiro atoms. The Morgan fingerprint density at radius 2 is 2.60 bits per heavy atom. The molecule has 82 valence electrons. The lowest BCUT2D eigenvalue weighted by Crippen LogP contribution is -2.30. The molecule has 2 heterocycles. The second-order valence-electron chi connectivity index (χ2n) is 3.81. The third-order valence-electron chi connectivity index (χ3n) is 2.69. The van der Waals surface area contributed by atoms with E-state index in [1.807, 2.05) is 0 Å².